The first-order valence-electron chi connectivity index (χ1n) is 11.1. The number of nitrogens with zero attached hydrogens (tertiary/aromatic N) is 2. The van der Waals surface area contributed by atoms with Gasteiger partial charge in [0.25, 0.3) is 5.91 Å². The van der Waals surface area contributed by atoms with Gasteiger partial charge >= 0.3 is 0 Å². The molecule has 2 atom stereocenters. The van der Waals surface area contributed by atoms with E-state index in [1.807, 2.05) is 42.2 Å². The minimum atomic E-state index is -0.112. The van der Waals surface area contributed by atoms with Crippen LogP contribution >= 0.6 is 11.6 Å². The zero-order valence-corrected chi connectivity index (χ0v) is 19.3. The van der Waals surface area contributed by atoms with Crippen LogP contribution in [0.2, 0.25) is 5.02 Å². The van der Waals surface area contributed by atoms with Gasteiger partial charge in [0.05, 0.1) is 25.3 Å². The summed E-state index contributed by atoms with van der Waals surface area (Å²) in [6.07, 6.45) is 1.17. The maximum atomic E-state index is 13.3. The molecule has 2 aromatic carbocycles. The molecule has 0 N–H and O–H groups in total. The molecule has 6 nitrogen and oxygen atoms in total. The Morgan fingerprint density at radius 2 is 1.75 bits per heavy atom. The van der Waals surface area contributed by atoms with Gasteiger partial charge in [-0.25, -0.2) is 0 Å². The molecule has 7 heteroatoms. The van der Waals surface area contributed by atoms with Gasteiger partial charge in [-0.05, 0) is 43.5 Å². The van der Waals surface area contributed by atoms with Crippen LogP contribution < -0.4 is 4.74 Å². The molecule has 170 valence electrons. The van der Waals surface area contributed by atoms with Crippen LogP contribution in [-0.2, 0) is 9.53 Å². The fraction of sp³-hybridized carbons (Fsp3) is 0.440. The highest BCUT2D eigenvalue weighted by Crippen LogP contribution is 2.30. The Morgan fingerprint density at radius 3 is 2.44 bits per heavy atom. The maximum Gasteiger partial charge on any atom is 0.257 e. The monoisotopic (exact) mass is 456 g/mol. The van der Waals surface area contributed by atoms with Gasteiger partial charge < -0.3 is 19.3 Å². The van der Waals surface area contributed by atoms with E-state index >= 15 is 0 Å². The number of hydrogen-bond acceptors (Lipinski definition) is 4. The lowest BCUT2D eigenvalue weighted by molar-refractivity contribution is -0.150. The number of benzene rings is 2. The van der Waals surface area contributed by atoms with Gasteiger partial charge in [-0.2, -0.15) is 0 Å². The third-order valence-corrected chi connectivity index (χ3v) is 6.50. The molecular formula is C25H29ClN2O4. The Balaban J connectivity index is 1.38. The number of rotatable bonds is 4. The quantitative estimate of drug-likeness (QED) is 0.692. The summed E-state index contributed by atoms with van der Waals surface area (Å²) in [5, 5.41) is 0.494. The molecule has 0 aromatic heterocycles. The van der Waals surface area contributed by atoms with Gasteiger partial charge in [0.2, 0.25) is 5.91 Å². The molecule has 2 aliphatic rings. The average Bonchev–Trinajstić information content (AvgIpc) is 2.83. The Morgan fingerprint density at radius 1 is 1.03 bits per heavy atom. The second-order valence-electron chi connectivity index (χ2n) is 8.50. The van der Waals surface area contributed by atoms with Crippen LogP contribution in [0.25, 0.3) is 0 Å². The standard InChI is InChI=1S/C25H29ClN2O4/c1-17-15-28(16-23(32-17)18-6-4-3-5-7-18)24(29)19-10-12-27(13-11-19)25(30)21-14-20(26)8-9-22(21)31-2/h3-9,14,17,19,23H,10-13,15-16H2,1-2H3. The van der Waals surface area contributed by atoms with Crippen LogP contribution in [0.1, 0.15) is 41.8 Å². The Labute approximate surface area is 194 Å². The van der Waals surface area contributed by atoms with Crippen molar-refractivity contribution in [2.45, 2.75) is 32.0 Å². The summed E-state index contributed by atoms with van der Waals surface area (Å²) in [5.74, 6) is 0.474. The van der Waals surface area contributed by atoms with E-state index < -0.39 is 0 Å². The molecule has 2 saturated heterocycles. The Bertz CT molecular complexity index is 960. The van der Waals surface area contributed by atoms with E-state index in [9.17, 15) is 9.59 Å². The topological polar surface area (TPSA) is 59.1 Å². The number of methoxy groups -OCH3 is 1. The molecule has 0 radical (unpaired) electrons. The van der Waals surface area contributed by atoms with E-state index in [1.54, 1.807) is 23.1 Å². The highest BCUT2D eigenvalue weighted by atomic mass is 35.5. The summed E-state index contributed by atoms with van der Waals surface area (Å²) in [7, 11) is 1.54. The number of morpholine rings is 1. The van der Waals surface area contributed by atoms with Crippen molar-refractivity contribution in [2.75, 3.05) is 33.3 Å². The summed E-state index contributed by atoms with van der Waals surface area (Å²) < 4.78 is 11.4. The number of amides is 2. The number of carbonyl (C=O) groups is 2. The summed E-state index contributed by atoms with van der Waals surface area (Å²) >= 11 is 6.09. The SMILES string of the molecule is COc1ccc(Cl)cc1C(=O)N1CCC(C(=O)N2CC(C)OC(c3ccccc3)C2)CC1. The molecule has 2 aliphatic heterocycles. The van der Waals surface area contributed by atoms with Crippen molar-refractivity contribution in [1.29, 1.82) is 0 Å². The number of hydrogen-bond donors (Lipinski definition) is 0. The Hall–Kier alpha value is -2.57. The van der Waals surface area contributed by atoms with Crippen LogP contribution in [-0.4, -0.2) is 61.0 Å². The fourth-order valence-electron chi connectivity index (χ4n) is 4.59. The van der Waals surface area contributed by atoms with Crippen molar-refractivity contribution in [2.24, 2.45) is 5.92 Å². The zero-order valence-electron chi connectivity index (χ0n) is 18.5. The van der Waals surface area contributed by atoms with Gasteiger partial charge in [0, 0.05) is 30.6 Å². The Kier molecular flexibility index (Phi) is 7.01. The van der Waals surface area contributed by atoms with E-state index in [4.69, 9.17) is 21.1 Å². The highest BCUT2D eigenvalue weighted by molar-refractivity contribution is 6.31. The van der Waals surface area contributed by atoms with Crippen LogP contribution in [0.3, 0.4) is 0 Å². The van der Waals surface area contributed by atoms with Crippen molar-refractivity contribution in [3.05, 3.63) is 64.7 Å². The maximum absolute atomic E-state index is 13.3. The second kappa shape index (κ2) is 9.92. The van der Waals surface area contributed by atoms with Crippen LogP contribution in [0.15, 0.2) is 48.5 Å². The summed E-state index contributed by atoms with van der Waals surface area (Å²) in [5.41, 5.74) is 1.55. The first-order valence-corrected chi connectivity index (χ1v) is 11.5. The lowest BCUT2D eigenvalue weighted by Crippen LogP contribution is -2.50. The van der Waals surface area contributed by atoms with Gasteiger partial charge in [0.15, 0.2) is 0 Å². The minimum absolute atomic E-state index is 0.0186. The molecule has 0 aliphatic carbocycles. The number of likely N-dealkylation sites (tertiary alicyclic amines) is 1. The summed E-state index contributed by atoms with van der Waals surface area (Å²) in [6.45, 7) is 4.24. The highest BCUT2D eigenvalue weighted by Gasteiger charge is 2.35. The molecule has 0 bridgehead atoms. The molecule has 2 amide bonds. The predicted octanol–water partition coefficient (Wildman–Crippen LogP) is 4.19. The molecule has 2 fully saturated rings. The number of ether oxygens (including phenoxy) is 2. The van der Waals surface area contributed by atoms with Gasteiger partial charge in [-0.15, -0.1) is 0 Å². The molecular weight excluding hydrogens is 428 g/mol. The second-order valence-corrected chi connectivity index (χ2v) is 8.94. The fourth-order valence-corrected chi connectivity index (χ4v) is 4.76. The van der Waals surface area contributed by atoms with Crippen LogP contribution in [0.4, 0.5) is 0 Å². The molecule has 2 heterocycles. The summed E-state index contributed by atoms with van der Waals surface area (Å²) in [4.78, 5) is 30.0. The smallest absolute Gasteiger partial charge is 0.257 e. The van der Waals surface area contributed by atoms with Crippen molar-refractivity contribution >= 4 is 23.4 Å². The predicted molar refractivity (Wildman–Crippen MR) is 123 cm³/mol. The van der Waals surface area contributed by atoms with Gasteiger partial charge in [0.1, 0.15) is 11.9 Å². The molecule has 32 heavy (non-hydrogen) atoms. The van der Waals surface area contributed by atoms with E-state index in [0.717, 1.165) is 5.56 Å². The van der Waals surface area contributed by atoms with Crippen LogP contribution in [0, 0.1) is 5.92 Å². The minimum Gasteiger partial charge on any atom is -0.496 e. The van der Waals surface area contributed by atoms with E-state index in [1.165, 1.54) is 7.11 Å². The first kappa shape index (κ1) is 22.6. The van der Waals surface area contributed by atoms with E-state index in [0.29, 0.717) is 55.4 Å². The van der Waals surface area contributed by atoms with Crippen molar-refractivity contribution < 1.29 is 19.1 Å². The third-order valence-electron chi connectivity index (χ3n) is 6.27. The van der Waals surface area contributed by atoms with E-state index in [-0.39, 0.29) is 29.9 Å². The molecule has 0 spiro atoms. The van der Waals surface area contributed by atoms with Crippen molar-refractivity contribution in [3.63, 3.8) is 0 Å². The largest absolute Gasteiger partial charge is 0.496 e. The molecule has 2 unspecified atom stereocenters. The number of carbonyl (C=O) groups excluding carboxylic acids is 2. The zero-order chi connectivity index (χ0) is 22.7. The number of piperidine rings is 1. The normalized spacial score (nSPS) is 22.0. The molecule has 4 rings (SSSR count). The number of halogens is 1. The molecule has 2 aromatic rings. The van der Waals surface area contributed by atoms with Crippen LogP contribution in [0.5, 0.6) is 5.75 Å². The first-order chi connectivity index (χ1) is 15.5. The van der Waals surface area contributed by atoms with Crippen molar-refractivity contribution in [1.82, 2.24) is 9.80 Å². The van der Waals surface area contributed by atoms with Crippen molar-refractivity contribution in [3.8, 4) is 5.75 Å². The lowest BCUT2D eigenvalue weighted by Gasteiger charge is -2.40. The summed E-state index contributed by atoms with van der Waals surface area (Å²) in [6, 6.07) is 15.1. The third kappa shape index (κ3) is 4.92. The molecule has 0 saturated carbocycles. The average molecular weight is 457 g/mol. The van der Waals surface area contributed by atoms with Gasteiger partial charge in [-0.1, -0.05) is 41.9 Å². The lowest BCUT2D eigenvalue weighted by atomic mass is 9.93. The van der Waals surface area contributed by atoms with E-state index in [2.05, 4.69) is 0 Å². The van der Waals surface area contributed by atoms with Gasteiger partial charge in [-0.3, -0.25) is 9.59 Å².